The van der Waals surface area contributed by atoms with E-state index in [9.17, 15) is 4.79 Å². The van der Waals surface area contributed by atoms with Crippen molar-refractivity contribution in [2.75, 3.05) is 10.6 Å². The lowest BCUT2D eigenvalue weighted by Crippen LogP contribution is -2.19. The first kappa shape index (κ1) is 12.7. The lowest BCUT2D eigenvalue weighted by molar-refractivity contribution is 0.262. The lowest BCUT2D eigenvalue weighted by Gasteiger charge is -2.10. The SMILES string of the molecule is O=C(Nc1ccccc1)Nc1c(Cl)cccc1Cl. The Hall–Kier alpha value is -1.71. The van der Waals surface area contributed by atoms with Crippen LogP contribution in [-0.4, -0.2) is 6.03 Å². The summed E-state index contributed by atoms with van der Waals surface area (Å²) in [6.07, 6.45) is 0. The van der Waals surface area contributed by atoms with Crippen LogP contribution in [0.3, 0.4) is 0 Å². The van der Waals surface area contributed by atoms with E-state index in [-0.39, 0.29) is 0 Å². The van der Waals surface area contributed by atoms with E-state index in [1.165, 1.54) is 0 Å². The van der Waals surface area contributed by atoms with Crippen LogP contribution in [0.4, 0.5) is 16.2 Å². The molecule has 0 aromatic heterocycles. The van der Waals surface area contributed by atoms with Gasteiger partial charge in [-0.05, 0) is 24.3 Å². The summed E-state index contributed by atoms with van der Waals surface area (Å²) in [7, 11) is 0. The number of amides is 2. The van der Waals surface area contributed by atoms with Gasteiger partial charge in [0.05, 0.1) is 15.7 Å². The van der Waals surface area contributed by atoms with E-state index in [0.717, 1.165) is 0 Å². The number of hydrogen-bond donors (Lipinski definition) is 2. The summed E-state index contributed by atoms with van der Waals surface area (Å²) in [4.78, 5) is 11.7. The van der Waals surface area contributed by atoms with Gasteiger partial charge < -0.3 is 10.6 Å². The van der Waals surface area contributed by atoms with Gasteiger partial charge in [0.2, 0.25) is 0 Å². The van der Waals surface area contributed by atoms with Gasteiger partial charge in [-0.3, -0.25) is 0 Å². The molecule has 0 fully saturated rings. The van der Waals surface area contributed by atoms with Gasteiger partial charge in [0, 0.05) is 5.69 Å². The molecule has 0 bridgehead atoms. The minimum Gasteiger partial charge on any atom is -0.308 e. The van der Waals surface area contributed by atoms with Crippen LogP contribution in [0.1, 0.15) is 0 Å². The number of benzene rings is 2. The number of carbonyl (C=O) groups excluding carboxylic acids is 1. The molecule has 18 heavy (non-hydrogen) atoms. The molecule has 0 spiro atoms. The molecule has 2 amide bonds. The Balaban J connectivity index is 2.08. The molecular formula is C13H10Cl2N2O. The Kier molecular flexibility index (Phi) is 4.07. The molecule has 2 aromatic rings. The van der Waals surface area contributed by atoms with E-state index in [4.69, 9.17) is 23.2 Å². The monoisotopic (exact) mass is 280 g/mol. The number of hydrogen-bond acceptors (Lipinski definition) is 1. The zero-order chi connectivity index (χ0) is 13.0. The largest absolute Gasteiger partial charge is 0.323 e. The highest BCUT2D eigenvalue weighted by atomic mass is 35.5. The summed E-state index contributed by atoms with van der Waals surface area (Å²) < 4.78 is 0. The normalized spacial score (nSPS) is 9.89. The van der Waals surface area contributed by atoms with E-state index in [2.05, 4.69) is 10.6 Å². The molecule has 0 heterocycles. The Morgan fingerprint density at radius 3 is 2.06 bits per heavy atom. The quantitative estimate of drug-likeness (QED) is 0.827. The first-order chi connectivity index (χ1) is 8.66. The average molecular weight is 281 g/mol. The van der Waals surface area contributed by atoms with E-state index >= 15 is 0 Å². The predicted molar refractivity (Wildman–Crippen MR) is 75.5 cm³/mol. The molecule has 2 aromatic carbocycles. The lowest BCUT2D eigenvalue weighted by atomic mass is 10.3. The molecule has 0 saturated heterocycles. The van der Waals surface area contributed by atoms with Crippen LogP contribution < -0.4 is 10.6 Å². The Bertz CT molecular complexity index is 538. The van der Waals surface area contributed by atoms with Gasteiger partial charge in [-0.2, -0.15) is 0 Å². The number of halogens is 2. The maximum Gasteiger partial charge on any atom is 0.323 e. The Morgan fingerprint density at radius 2 is 1.44 bits per heavy atom. The fourth-order valence-electron chi connectivity index (χ4n) is 1.41. The minimum absolute atomic E-state index is 0.392. The standard InChI is InChI=1S/C13H10Cl2N2O/c14-10-7-4-8-11(15)12(10)17-13(18)16-9-5-2-1-3-6-9/h1-8H,(H2,16,17,18). The number of rotatable bonds is 2. The van der Waals surface area contributed by atoms with Crippen LogP contribution in [0.2, 0.25) is 10.0 Å². The van der Waals surface area contributed by atoms with Crippen molar-refractivity contribution in [2.45, 2.75) is 0 Å². The maximum absolute atomic E-state index is 11.7. The summed E-state index contributed by atoms with van der Waals surface area (Å²) >= 11 is 11.9. The minimum atomic E-state index is -0.392. The van der Waals surface area contributed by atoms with Crippen molar-refractivity contribution in [1.82, 2.24) is 0 Å². The molecule has 92 valence electrons. The molecule has 0 saturated carbocycles. The summed E-state index contributed by atoms with van der Waals surface area (Å²) in [5.74, 6) is 0. The molecule has 0 atom stereocenters. The van der Waals surface area contributed by atoms with Crippen molar-refractivity contribution in [3.05, 3.63) is 58.6 Å². The van der Waals surface area contributed by atoms with Crippen LogP contribution in [-0.2, 0) is 0 Å². The molecule has 0 aliphatic heterocycles. The summed E-state index contributed by atoms with van der Waals surface area (Å²) in [6, 6.07) is 13.7. The summed E-state index contributed by atoms with van der Waals surface area (Å²) in [5, 5.41) is 6.08. The van der Waals surface area contributed by atoms with Gasteiger partial charge in [0.25, 0.3) is 0 Å². The summed E-state index contributed by atoms with van der Waals surface area (Å²) in [5.41, 5.74) is 1.09. The van der Waals surface area contributed by atoms with Crippen LogP contribution in [0.25, 0.3) is 0 Å². The van der Waals surface area contributed by atoms with Crippen molar-refractivity contribution in [2.24, 2.45) is 0 Å². The van der Waals surface area contributed by atoms with Gasteiger partial charge in [0.1, 0.15) is 0 Å². The van der Waals surface area contributed by atoms with Crippen molar-refractivity contribution < 1.29 is 4.79 Å². The molecule has 0 radical (unpaired) electrons. The number of para-hydroxylation sites is 2. The zero-order valence-electron chi connectivity index (χ0n) is 9.28. The van der Waals surface area contributed by atoms with E-state index in [1.807, 2.05) is 18.2 Å². The van der Waals surface area contributed by atoms with Crippen LogP contribution in [0.5, 0.6) is 0 Å². The second-order valence-corrected chi connectivity index (χ2v) is 4.36. The predicted octanol–water partition coefficient (Wildman–Crippen LogP) is 4.64. The smallest absolute Gasteiger partial charge is 0.308 e. The van der Waals surface area contributed by atoms with Crippen molar-refractivity contribution >= 4 is 40.6 Å². The highest BCUT2D eigenvalue weighted by Gasteiger charge is 2.09. The number of anilines is 2. The van der Waals surface area contributed by atoms with Gasteiger partial charge in [-0.15, -0.1) is 0 Å². The third-order valence-electron chi connectivity index (χ3n) is 2.23. The molecule has 0 aliphatic carbocycles. The first-order valence-electron chi connectivity index (χ1n) is 5.24. The maximum atomic E-state index is 11.7. The van der Waals surface area contributed by atoms with E-state index in [1.54, 1.807) is 30.3 Å². The van der Waals surface area contributed by atoms with E-state index in [0.29, 0.717) is 21.4 Å². The molecule has 5 heteroatoms. The Morgan fingerprint density at radius 1 is 0.833 bits per heavy atom. The third-order valence-corrected chi connectivity index (χ3v) is 2.86. The van der Waals surface area contributed by atoms with Crippen molar-refractivity contribution in [3.8, 4) is 0 Å². The molecule has 2 N–H and O–H groups in total. The fraction of sp³-hybridized carbons (Fsp3) is 0. The second kappa shape index (κ2) is 5.76. The molecule has 0 aliphatic rings. The molecule has 2 rings (SSSR count). The van der Waals surface area contributed by atoms with Gasteiger partial charge in [0.15, 0.2) is 0 Å². The van der Waals surface area contributed by atoms with Crippen molar-refractivity contribution in [1.29, 1.82) is 0 Å². The highest BCUT2D eigenvalue weighted by Crippen LogP contribution is 2.29. The van der Waals surface area contributed by atoms with Gasteiger partial charge in [-0.25, -0.2) is 4.79 Å². The number of nitrogens with one attached hydrogen (secondary N) is 2. The fourth-order valence-corrected chi connectivity index (χ4v) is 1.91. The molecule has 3 nitrogen and oxygen atoms in total. The Labute approximate surface area is 115 Å². The zero-order valence-corrected chi connectivity index (χ0v) is 10.8. The molecule has 0 unspecified atom stereocenters. The van der Waals surface area contributed by atoms with Crippen molar-refractivity contribution in [3.63, 3.8) is 0 Å². The van der Waals surface area contributed by atoms with Crippen LogP contribution in [0.15, 0.2) is 48.5 Å². The van der Waals surface area contributed by atoms with Gasteiger partial charge >= 0.3 is 6.03 Å². The highest BCUT2D eigenvalue weighted by molar-refractivity contribution is 6.39. The number of urea groups is 1. The second-order valence-electron chi connectivity index (χ2n) is 3.54. The van der Waals surface area contributed by atoms with Crippen LogP contribution in [0, 0.1) is 0 Å². The van der Waals surface area contributed by atoms with Gasteiger partial charge in [-0.1, -0.05) is 47.5 Å². The molecular weight excluding hydrogens is 271 g/mol. The average Bonchev–Trinajstić information content (AvgIpc) is 2.35. The number of carbonyl (C=O) groups is 1. The first-order valence-corrected chi connectivity index (χ1v) is 5.99. The summed E-state index contributed by atoms with van der Waals surface area (Å²) in [6.45, 7) is 0. The third kappa shape index (κ3) is 3.15. The van der Waals surface area contributed by atoms with E-state index < -0.39 is 6.03 Å². The topological polar surface area (TPSA) is 41.1 Å². The van der Waals surface area contributed by atoms with Crippen LogP contribution >= 0.6 is 23.2 Å².